The molecule has 0 aliphatic heterocycles. The number of halogens is 2. The van der Waals surface area contributed by atoms with E-state index in [4.69, 9.17) is 23.2 Å². The smallest absolute Gasteiger partial charge is 0.196 e. The van der Waals surface area contributed by atoms with Gasteiger partial charge in [-0.15, -0.1) is 10.2 Å². The summed E-state index contributed by atoms with van der Waals surface area (Å²) in [5.41, 5.74) is 3.12. The number of aromatic nitrogens is 3. The van der Waals surface area contributed by atoms with Crippen molar-refractivity contribution in [1.82, 2.24) is 14.8 Å². The second kappa shape index (κ2) is 8.17. The molecule has 0 amide bonds. The van der Waals surface area contributed by atoms with Crippen LogP contribution >= 0.6 is 35.0 Å². The van der Waals surface area contributed by atoms with Crippen molar-refractivity contribution in [3.63, 3.8) is 0 Å². The summed E-state index contributed by atoms with van der Waals surface area (Å²) in [6.45, 7) is 0. The zero-order valence-electron chi connectivity index (χ0n) is 14.2. The third-order valence-corrected chi connectivity index (χ3v) is 5.49. The second-order valence-corrected chi connectivity index (χ2v) is 7.72. The molecule has 0 bridgehead atoms. The van der Waals surface area contributed by atoms with Gasteiger partial charge in [0.1, 0.15) is 0 Å². The van der Waals surface area contributed by atoms with E-state index in [1.807, 2.05) is 72.8 Å². The van der Waals surface area contributed by atoms with Gasteiger partial charge >= 0.3 is 0 Å². The van der Waals surface area contributed by atoms with Crippen molar-refractivity contribution in [1.29, 1.82) is 0 Å². The van der Waals surface area contributed by atoms with E-state index in [0.29, 0.717) is 5.02 Å². The van der Waals surface area contributed by atoms with E-state index < -0.39 is 0 Å². The molecule has 0 aliphatic carbocycles. The first-order valence-corrected chi connectivity index (χ1v) is 10.1. The van der Waals surface area contributed by atoms with Crippen LogP contribution in [0.4, 0.5) is 0 Å². The van der Waals surface area contributed by atoms with Crippen LogP contribution < -0.4 is 0 Å². The molecule has 0 saturated carbocycles. The van der Waals surface area contributed by atoms with E-state index >= 15 is 0 Å². The van der Waals surface area contributed by atoms with E-state index in [0.717, 1.165) is 38.6 Å². The van der Waals surface area contributed by atoms with Gasteiger partial charge in [0.2, 0.25) is 0 Å². The fourth-order valence-electron chi connectivity index (χ4n) is 2.73. The number of benzene rings is 3. The summed E-state index contributed by atoms with van der Waals surface area (Å²) in [7, 11) is 0. The molecular formula is C21H15Cl2N3S. The highest BCUT2D eigenvalue weighted by Gasteiger charge is 2.16. The highest BCUT2D eigenvalue weighted by Crippen LogP contribution is 2.30. The molecule has 134 valence electrons. The zero-order chi connectivity index (χ0) is 18.6. The highest BCUT2D eigenvalue weighted by atomic mass is 35.5. The van der Waals surface area contributed by atoms with Gasteiger partial charge in [-0.3, -0.25) is 4.57 Å². The lowest BCUT2D eigenvalue weighted by Crippen LogP contribution is -1.99. The number of nitrogens with zero attached hydrogens (tertiary/aromatic N) is 3. The first kappa shape index (κ1) is 18.1. The molecule has 0 atom stereocenters. The lowest BCUT2D eigenvalue weighted by Gasteiger charge is -2.10. The van der Waals surface area contributed by atoms with Gasteiger partial charge in [-0.1, -0.05) is 65.3 Å². The standard InChI is InChI=1S/C21H15Cl2N3S/c22-17-11-9-16(10-12-17)20-24-25-21(26(20)19-7-2-1-3-8-19)27-14-15-5-4-6-18(23)13-15/h1-13H,14H2. The molecule has 4 rings (SSSR count). The maximum Gasteiger partial charge on any atom is 0.196 e. The molecule has 27 heavy (non-hydrogen) atoms. The molecular weight excluding hydrogens is 397 g/mol. The van der Waals surface area contributed by atoms with Crippen LogP contribution in [0.2, 0.25) is 10.0 Å². The molecule has 1 heterocycles. The van der Waals surface area contributed by atoms with Gasteiger partial charge < -0.3 is 0 Å². The molecule has 4 aromatic rings. The van der Waals surface area contributed by atoms with Gasteiger partial charge in [0, 0.05) is 27.0 Å². The van der Waals surface area contributed by atoms with E-state index in [2.05, 4.69) is 20.8 Å². The Kier molecular flexibility index (Phi) is 5.48. The van der Waals surface area contributed by atoms with Gasteiger partial charge in [-0.2, -0.15) is 0 Å². The second-order valence-electron chi connectivity index (χ2n) is 5.90. The van der Waals surface area contributed by atoms with Crippen LogP contribution in [0.1, 0.15) is 5.56 Å². The fourth-order valence-corrected chi connectivity index (χ4v) is 3.97. The Morgan fingerprint density at radius 1 is 0.778 bits per heavy atom. The van der Waals surface area contributed by atoms with Crippen molar-refractivity contribution in [2.45, 2.75) is 10.9 Å². The van der Waals surface area contributed by atoms with Crippen molar-refractivity contribution < 1.29 is 0 Å². The van der Waals surface area contributed by atoms with Crippen LogP contribution in [0.5, 0.6) is 0 Å². The largest absolute Gasteiger partial charge is 0.270 e. The third kappa shape index (κ3) is 4.19. The summed E-state index contributed by atoms with van der Waals surface area (Å²) in [5, 5.41) is 11.1. The highest BCUT2D eigenvalue weighted by molar-refractivity contribution is 7.98. The SMILES string of the molecule is Clc1ccc(-c2nnc(SCc3cccc(Cl)c3)n2-c2ccccc2)cc1. The van der Waals surface area contributed by atoms with Gasteiger partial charge in [-0.05, 0) is 54.1 Å². The monoisotopic (exact) mass is 411 g/mol. The lowest BCUT2D eigenvalue weighted by molar-refractivity contribution is 0.886. The Bertz CT molecular complexity index is 1050. The summed E-state index contributed by atoms with van der Waals surface area (Å²) in [6, 6.07) is 25.6. The Balaban J connectivity index is 1.72. The number of hydrogen-bond donors (Lipinski definition) is 0. The number of para-hydroxylation sites is 1. The third-order valence-electron chi connectivity index (χ3n) is 4.01. The van der Waals surface area contributed by atoms with E-state index in [-0.39, 0.29) is 0 Å². The molecule has 0 radical (unpaired) electrons. The van der Waals surface area contributed by atoms with Crippen LogP contribution in [0, 0.1) is 0 Å². The summed E-state index contributed by atoms with van der Waals surface area (Å²) >= 11 is 13.8. The average molecular weight is 412 g/mol. The van der Waals surface area contributed by atoms with Gasteiger partial charge in [0.25, 0.3) is 0 Å². The average Bonchev–Trinajstić information content (AvgIpc) is 3.12. The fraction of sp³-hybridized carbons (Fsp3) is 0.0476. The predicted molar refractivity (Wildman–Crippen MR) is 113 cm³/mol. The molecule has 0 unspecified atom stereocenters. The zero-order valence-corrected chi connectivity index (χ0v) is 16.5. The minimum atomic E-state index is 0.695. The first-order valence-electron chi connectivity index (χ1n) is 8.35. The molecule has 0 N–H and O–H groups in total. The lowest BCUT2D eigenvalue weighted by atomic mass is 10.2. The van der Waals surface area contributed by atoms with Gasteiger partial charge in [-0.25, -0.2) is 0 Å². The number of rotatable bonds is 5. The molecule has 0 saturated heterocycles. The predicted octanol–water partition coefficient (Wildman–Crippen LogP) is 6.53. The quantitative estimate of drug-likeness (QED) is 0.349. The van der Waals surface area contributed by atoms with Crippen molar-refractivity contribution in [3.8, 4) is 17.1 Å². The molecule has 3 aromatic carbocycles. The van der Waals surface area contributed by atoms with Crippen LogP contribution in [0.25, 0.3) is 17.1 Å². The molecule has 1 aromatic heterocycles. The number of hydrogen-bond acceptors (Lipinski definition) is 3. The minimum Gasteiger partial charge on any atom is -0.270 e. The summed E-state index contributed by atoms with van der Waals surface area (Å²) in [6.07, 6.45) is 0. The molecule has 0 aliphatic rings. The van der Waals surface area contributed by atoms with Gasteiger partial charge in [0.15, 0.2) is 11.0 Å². The van der Waals surface area contributed by atoms with E-state index in [1.54, 1.807) is 11.8 Å². The molecule has 0 fully saturated rings. The van der Waals surface area contributed by atoms with Crippen molar-refractivity contribution in [3.05, 3.63) is 94.5 Å². The minimum absolute atomic E-state index is 0.695. The van der Waals surface area contributed by atoms with Crippen molar-refractivity contribution in [2.75, 3.05) is 0 Å². The molecule has 6 heteroatoms. The Labute approximate surface area is 172 Å². The summed E-state index contributed by atoms with van der Waals surface area (Å²) < 4.78 is 2.07. The van der Waals surface area contributed by atoms with Crippen LogP contribution in [0.3, 0.4) is 0 Å². The Morgan fingerprint density at radius 2 is 1.56 bits per heavy atom. The molecule has 0 spiro atoms. The van der Waals surface area contributed by atoms with Crippen LogP contribution in [-0.2, 0) is 5.75 Å². The van der Waals surface area contributed by atoms with E-state index in [1.165, 1.54) is 0 Å². The van der Waals surface area contributed by atoms with Crippen LogP contribution in [-0.4, -0.2) is 14.8 Å². The van der Waals surface area contributed by atoms with Crippen LogP contribution in [0.15, 0.2) is 84.0 Å². The summed E-state index contributed by atoms with van der Waals surface area (Å²) in [4.78, 5) is 0. The summed E-state index contributed by atoms with van der Waals surface area (Å²) in [5.74, 6) is 1.54. The van der Waals surface area contributed by atoms with Crippen molar-refractivity contribution >= 4 is 35.0 Å². The topological polar surface area (TPSA) is 30.7 Å². The first-order chi connectivity index (χ1) is 13.2. The maximum absolute atomic E-state index is 6.10. The number of thioether (sulfide) groups is 1. The maximum atomic E-state index is 6.10. The Morgan fingerprint density at radius 3 is 2.30 bits per heavy atom. The Hall–Kier alpha value is -2.27. The van der Waals surface area contributed by atoms with Gasteiger partial charge in [0.05, 0.1) is 0 Å². The molecule has 3 nitrogen and oxygen atoms in total. The van der Waals surface area contributed by atoms with E-state index in [9.17, 15) is 0 Å². The normalized spacial score (nSPS) is 10.9. The van der Waals surface area contributed by atoms with Crippen molar-refractivity contribution in [2.24, 2.45) is 0 Å².